The lowest BCUT2D eigenvalue weighted by Gasteiger charge is -2.07. The predicted octanol–water partition coefficient (Wildman–Crippen LogP) is 3.48. The number of nitrogens with one attached hydrogen (secondary N) is 1. The van der Waals surface area contributed by atoms with Gasteiger partial charge in [0.15, 0.2) is 0 Å². The summed E-state index contributed by atoms with van der Waals surface area (Å²) >= 11 is 0. The van der Waals surface area contributed by atoms with Crippen LogP contribution in [-0.2, 0) is 13.2 Å². The summed E-state index contributed by atoms with van der Waals surface area (Å²) in [4.78, 5) is 2.82. The van der Waals surface area contributed by atoms with Crippen LogP contribution in [0, 0.1) is 6.92 Å². The molecule has 3 N–H and O–H groups in total. The highest BCUT2D eigenvalue weighted by Gasteiger charge is 2.33. The normalized spacial score (nSPS) is 12.2. The largest absolute Gasteiger partial charge is 0.418 e. The van der Waals surface area contributed by atoms with Crippen molar-refractivity contribution in [1.29, 1.82) is 0 Å². The minimum atomic E-state index is -4.41. The molecule has 0 bridgehead atoms. The molecule has 3 aromatic rings. The second-order valence-corrected chi connectivity index (χ2v) is 4.93. The monoisotopic (exact) mass is 294 g/mol. The fraction of sp³-hybridized carbons (Fsp3) is 0.214. The highest BCUT2D eigenvalue weighted by atomic mass is 19.4. The topological polar surface area (TPSA) is 59.6 Å². The van der Waals surface area contributed by atoms with Crippen molar-refractivity contribution in [1.82, 2.24) is 14.8 Å². The number of rotatable bonds is 1. The van der Waals surface area contributed by atoms with E-state index in [2.05, 4.69) is 10.1 Å². The molecule has 0 saturated heterocycles. The molecular weight excluding hydrogens is 281 g/mol. The van der Waals surface area contributed by atoms with E-state index in [0.29, 0.717) is 28.2 Å². The van der Waals surface area contributed by atoms with Crippen LogP contribution < -0.4 is 5.73 Å². The molecular formula is C14H13F3N4. The molecule has 2 aromatic heterocycles. The minimum Gasteiger partial charge on any atom is -0.384 e. The molecule has 3 rings (SSSR count). The number of aromatic nitrogens is 3. The number of nitrogens with two attached hydrogens (primary N) is 1. The highest BCUT2D eigenvalue weighted by Crippen LogP contribution is 2.39. The lowest BCUT2D eigenvalue weighted by molar-refractivity contribution is -0.136. The van der Waals surface area contributed by atoms with E-state index in [1.54, 1.807) is 26.1 Å². The quantitative estimate of drug-likeness (QED) is 0.722. The number of para-hydroxylation sites is 1. The molecule has 110 valence electrons. The Kier molecular flexibility index (Phi) is 2.76. The van der Waals surface area contributed by atoms with Crippen molar-refractivity contribution in [3.05, 3.63) is 35.5 Å². The molecule has 21 heavy (non-hydrogen) atoms. The van der Waals surface area contributed by atoms with Crippen molar-refractivity contribution in [2.45, 2.75) is 13.1 Å². The van der Waals surface area contributed by atoms with Gasteiger partial charge in [0, 0.05) is 29.8 Å². The maximum atomic E-state index is 13.1. The Balaban J connectivity index is 2.33. The first-order valence-corrected chi connectivity index (χ1v) is 6.27. The van der Waals surface area contributed by atoms with E-state index in [0.717, 1.165) is 6.07 Å². The summed E-state index contributed by atoms with van der Waals surface area (Å²) in [5, 5.41) is 4.73. The molecule has 0 amide bonds. The van der Waals surface area contributed by atoms with Crippen LogP contribution in [0.15, 0.2) is 24.3 Å². The third-order valence-corrected chi connectivity index (χ3v) is 3.50. The molecule has 0 atom stereocenters. The van der Waals surface area contributed by atoms with Crippen LogP contribution in [0.1, 0.15) is 11.3 Å². The first-order chi connectivity index (χ1) is 9.79. The number of hydrogen-bond donors (Lipinski definition) is 2. The van der Waals surface area contributed by atoms with Crippen LogP contribution in [0.25, 0.3) is 22.2 Å². The third-order valence-electron chi connectivity index (χ3n) is 3.50. The number of H-pyrrole nitrogens is 1. The summed E-state index contributed by atoms with van der Waals surface area (Å²) in [6.07, 6.45) is -4.41. The second-order valence-electron chi connectivity index (χ2n) is 4.93. The first kappa shape index (κ1) is 13.5. The maximum absolute atomic E-state index is 13.1. The van der Waals surface area contributed by atoms with Crippen molar-refractivity contribution in [3.63, 3.8) is 0 Å². The number of halogens is 3. The Labute approximate surface area is 118 Å². The van der Waals surface area contributed by atoms with Gasteiger partial charge in [-0.15, -0.1) is 0 Å². The van der Waals surface area contributed by atoms with Crippen molar-refractivity contribution in [2.75, 3.05) is 5.73 Å². The number of nitrogens with zero attached hydrogens (tertiary/aromatic N) is 2. The summed E-state index contributed by atoms with van der Waals surface area (Å²) in [6, 6.07) is 5.76. The summed E-state index contributed by atoms with van der Waals surface area (Å²) in [5.74, 6) is 0.450. The average Bonchev–Trinajstić information content (AvgIpc) is 2.87. The summed E-state index contributed by atoms with van der Waals surface area (Å²) in [5.41, 5.74) is 6.96. The summed E-state index contributed by atoms with van der Waals surface area (Å²) in [6.45, 7) is 1.72. The SMILES string of the molecule is Cc1[nH]c2c(C(F)(F)F)cccc2c1-c1cc(N)n(C)n1. The van der Waals surface area contributed by atoms with E-state index < -0.39 is 11.7 Å². The minimum absolute atomic E-state index is 0.0710. The highest BCUT2D eigenvalue weighted by molar-refractivity contribution is 5.98. The number of alkyl halides is 3. The molecule has 0 unspecified atom stereocenters. The number of fused-ring (bicyclic) bond motifs is 1. The van der Waals surface area contributed by atoms with Crippen LogP contribution in [0.4, 0.5) is 19.0 Å². The molecule has 1 aromatic carbocycles. The Morgan fingerprint density at radius 1 is 1.29 bits per heavy atom. The molecule has 0 aliphatic heterocycles. The number of nitrogen functional groups attached to an aromatic ring is 1. The van der Waals surface area contributed by atoms with E-state index in [-0.39, 0.29) is 5.52 Å². The Bertz CT molecular complexity index is 807. The summed E-state index contributed by atoms with van der Waals surface area (Å²) in [7, 11) is 1.68. The van der Waals surface area contributed by atoms with Crippen LogP contribution in [0.3, 0.4) is 0 Å². The van der Waals surface area contributed by atoms with E-state index >= 15 is 0 Å². The van der Waals surface area contributed by atoms with Crippen molar-refractivity contribution in [2.24, 2.45) is 7.05 Å². The van der Waals surface area contributed by atoms with Crippen LogP contribution in [-0.4, -0.2) is 14.8 Å². The van der Waals surface area contributed by atoms with Gasteiger partial charge in [0.1, 0.15) is 5.82 Å². The number of aromatic amines is 1. The average molecular weight is 294 g/mol. The van der Waals surface area contributed by atoms with E-state index in [1.165, 1.54) is 10.7 Å². The Morgan fingerprint density at radius 2 is 2.00 bits per heavy atom. The number of hydrogen-bond acceptors (Lipinski definition) is 2. The molecule has 0 radical (unpaired) electrons. The number of aryl methyl sites for hydroxylation is 2. The molecule has 0 aliphatic rings. The van der Waals surface area contributed by atoms with Gasteiger partial charge in [-0.25, -0.2) is 0 Å². The number of anilines is 1. The van der Waals surface area contributed by atoms with Gasteiger partial charge in [0.25, 0.3) is 0 Å². The molecule has 4 nitrogen and oxygen atoms in total. The molecule has 0 saturated carbocycles. The van der Waals surface area contributed by atoms with Crippen LogP contribution in [0.5, 0.6) is 0 Å². The first-order valence-electron chi connectivity index (χ1n) is 6.27. The Morgan fingerprint density at radius 3 is 2.57 bits per heavy atom. The lowest BCUT2D eigenvalue weighted by Crippen LogP contribution is -2.05. The van der Waals surface area contributed by atoms with Gasteiger partial charge in [0.05, 0.1) is 16.8 Å². The Hall–Kier alpha value is -2.44. The van der Waals surface area contributed by atoms with Crippen molar-refractivity contribution >= 4 is 16.7 Å². The van der Waals surface area contributed by atoms with Gasteiger partial charge in [-0.1, -0.05) is 12.1 Å². The molecule has 7 heteroatoms. The molecule has 0 fully saturated rings. The van der Waals surface area contributed by atoms with E-state index in [4.69, 9.17) is 5.73 Å². The third kappa shape index (κ3) is 2.05. The molecule has 0 aliphatic carbocycles. The zero-order valence-electron chi connectivity index (χ0n) is 11.4. The number of benzene rings is 1. The zero-order chi connectivity index (χ0) is 15.4. The molecule has 2 heterocycles. The van der Waals surface area contributed by atoms with Gasteiger partial charge in [0.2, 0.25) is 0 Å². The van der Waals surface area contributed by atoms with Crippen LogP contribution >= 0.6 is 0 Å². The van der Waals surface area contributed by atoms with E-state index in [9.17, 15) is 13.2 Å². The lowest BCUT2D eigenvalue weighted by atomic mass is 10.1. The maximum Gasteiger partial charge on any atom is 0.418 e. The van der Waals surface area contributed by atoms with E-state index in [1.807, 2.05) is 0 Å². The van der Waals surface area contributed by atoms with Crippen LogP contribution in [0.2, 0.25) is 0 Å². The second kappa shape index (κ2) is 4.28. The van der Waals surface area contributed by atoms with Gasteiger partial charge in [-0.3, -0.25) is 4.68 Å². The van der Waals surface area contributed by atoms with Crippen molar-refractivity contribution in [3.8, 4) is 11.3 Å². The van der Waals surface area contributed by atoms with Crippen molar-refractivity contribution < 1.29 is 13.2 Å². The van der Waals surface area contributed by atoms with Gasteiger partial charge in [-0.2, -0.15) is 18.3 Å². The van der Waals surface area contributed by atoms with Gasteiger partial charge >= 0.3 is 6.18 Å². The smallest absolute Gasteiger partial charge is 0.384 e. The standard InChI is InChI=1S/C14H13F3N4/c1-7-12(10-6-11(18)21(2)20-10)8-4-3-5-9(13(8)19-7)14(15,16)17/h3-6,19H,18H2,1-2H3. The summed E-state index contributed by atoms with van der Waals surface area (Å²) < 4.78 is 40.7. The predicted molar refractivity (Wildman–Crippen MR) is 74.7 cm³/mol. The molecule has 0 spiro atoms. The fourth-order valence-electron chi connectivity index (χ4n) is 2.52. The van der Waals surface area contributed by atoms with Gasteiger partial charge < -0.3 is 10.7 Å². The zero-order valence-corrected chi connectivity index (χ0v) is 11.4. The van der Waals surface area contributed by atoms with Gasteiger partial charge in [-0.05, 0) is 13.0 Å². The fourth-order valence-corrected chi connectivity index (χ4v) is 2.52.